The highest BCUT2D eigenvalue weighted by Crippen LogP contribution is 2.43. The maximum Gasteiger partial charge on any atom is 0.230 e. The van der Waals surface area contributed by atoms with Crippen molar-refractivity contribution in [2.75, 3.05) is 7.11 Å². The quantitative estimate of drug-likeness (QED) is 0.646. The minimum atomic E-state index is 0.199. The highest BCUT2D eigenvalue weighted by Gasteiger charge is 2.44. The number of pyridine rings is 1. The van der Waals surface area contributed by atoms with Gasteiger partial charge in [-0.2, -0.15) is 4.98 Å². The number of carbonyl (C=O) groups is 1. The van der Waals surface area contributed by atoms with Crippen molar-refractivity contribution in [3.05, 3.63) is 60.2 Å². The molecule has 4 heterocycles. The highest BCUT2D eigenvalue weighted by molar-refractivity contribution is 5.80. The molecule has 2 bridgehead atoms. The topological polar surface area (TPSA) is 81.4 Å². The summed E-state index contributed by atoms with van der Waals surface area (Å²) in [4.78, 5) is 23.9. The Hall–Kier alpha value is -3.22. The van der Waals surface area contributed by atoms with Crippen LogP contribution in [-0.2, 0) is 11.2 Å². The van der Waals surface area contributed by atoms with Gasteiger partial charge in [-0.15, -0.1) is 0 Å². The number of fused-ring (bicyclic) bond motifs is 2. The van der Waals surface area contributed by atoms with Crippen molar-refractivity contribution in [2.45, 2.75) is 50.1 Å². The van der Waals surface area contributed by atoms with Gasteiger partial charge in [-0.05, 0) is 55.5 Å². The molecule has 0 aliphatic carbocycles. The molecular formula is C23H24N4O3. The number of hydrogen-bond acceptors (Lipinski definition) is 6. The highest BCUT2D eigenvalue weighted by atomic mass is 16.5. The van der Waals surface area contributed by atoms with E-state index in [2.05, 4.69) is 20.0 Å². The summed E-state index contributed by atoms with van der Waals surface area (Å²) in [5, 5.41) is 4.14. The van der Waals surface area contributed by atoms with Crippen LogP contribution in [0.25, 0.3) is 11.4 Å². The maximum atomic E-state index is 13.1. The lowest BCUT2D eigenvalue weighted by molar-refractivity contribution is -0.135. The fourth-order valence-electron chi connectivity index (χ4n) is 4.81. The molecule has 0 radical (unpaired) electrons. The van der Waals surface area contributed by atoms with Crippen LogP contribution in [0.2, 0.25) is 0 Å². The minimum Gasteiger partial charge on any atom is -0.497 e. The van der Waals surface area contributed by atoms with E-state index in [4.69, 9.17) is 9.26 Å². The van der Waals surface area contributed by atoms with Crippen LogP contribution < -0.4 is 4.74 Å². The van der Waals surface area contributed by atoms with Gasteiger partial charge < -0.3 is 14.2 Å². The first-order chi connectivity index (χ1) is 14.7. The third-order valence-corrected chi connectivity index (χ3v) is 6.25. The predicted molar refractivity (Wildman–Crippen MR) is 110 cm³/mol. The van der Waals surface area contributed by atoms with Gasteiger partial charge in [0, 0.05) is 36.0 Å². The molecule has 2 fully saturated rings. The van der Waals surface area contributed by atoms with Crippen LogP contribution in [0.4, 0.5) is 0 Å². The normalized spacial score (nSPS) is 22.8. The maximum absolute atomic E-state index is 13.1. The van der Waals surface area contributed by atoms with E-state index in [0.717, 1.165) is 42.6 Å². The Morgan fingerprint density at radius 3 is 2.60 bits per heavy atom. The van der Waals surface area contributed by atoms with Gasteiger partial charge in [0.25, 0.3) is 0 Å². The third kappa shape index (κ3) is 3.56. The van der Waals surface area contributed by atoms with Crippen molar-refractivity contribution in [3.8, 4) is 17.1 Å². The summed E-state index contributed by atoms with van der Waals surface area (Å²) in [6.07, 6.45) is 7.71. The standard InChI is InChI=1S/C23H24N4O3/c1-29-20-8-4-15(5-9-20)11-21(28)27-18-6-7-19(27)13-17(12-18)23-25-22(26-30-23)16-3-2-10-24-14-16/h2-5,8-10,14,17-19H,6-7,11-13H2,1H3. The van der Waals surface area contributed by atoms with Gasteiger partial charge >= 0.3 is 0 Å². The summed E-state index contributed by atoms with van der Waals surface area (Å²) in [6.45, 7) is 0. The number of carbonyl (C=O) groups excluding carboxylic acids is 1. The lowest BCUT2D eigenvalue weighted by atomic mass is 9.90. The third-order valence-electron chi connectivity index (χ3n) is 6.25. The molecule has 2 aliphatic rings. The van der Waals surface area contributed by atoms with E-state index in [1.54, 1.807) is 19.5 Å². The average molecular weight is 404 g/mol. The minimum absolute atomic E-state index is 0.199. The van der Waals surface area contributed by atoms with E-state index in [0.29, 0.717) is 18.1 Å². The lowest BCUT2D eigenvalue weighted by Crippen LogP contribution is -2.46. The number of piperidine rings is 1. The zero-order chi connectivity index (χ0) is 20.5. The molecule has 5 rings (SSSR count). The molecular weight excluding hydrogens is 380 g/mol. The van der Waals surface area contributed by atoms with Crippen LogP contribution in [0, 0.1) is 0 Å². The fraction of sp³-hybridized carbons (Fsp3) is 0.391. The second kappa shape index (κ2) is 7.89. The monoisotopic (exact) mass is 404 g/mol. The molecule has 0 spiro atoms. The van der Waals surface area contributed by atoms with E-state index in [9.17, 15) is 4.79 Å². The molecule has 0 saturated carbocycles. The second-order valence-electron chi connectivity index (χ2n) is 8.08. The van der Waals surface area contributed by atoms with Gasteiger partial charge in [0.05, 0.1) is 13.5 Å². The van der Waals surface area contributed by atoms with E-state index in [1.165, 1.54) is 0 Å². The molecule has 1 amide bonds. The SMILES string of the molecule is COc1ccc(CC(=O)N2C3CCC2CC(c2nc(-c4cccnc4)no2)C3)cc1. The Morgan fingerprint density at radius 2 is 1.93 bits per heavy atom. The number of ether oxygens (including phenoxy) is 1. The van der Waals surface area contributed by atoms with Crippen molar-refractivity contribution in [1.82, 2.24) is 20.0 Å². The number of benzene rings is 1. The van der Waals surface area contributed by atoms with Gasteiger partial charge in [0.2, 0.25) is 17.6 Å². The average Bonchev–Trinajstić information content (AvgIpc) is 3.38. The van der Waals surface area contributed by atoms with Crippen molar-refractivity contribution in [3.63, 3.8) is 0 Å². The molecule has 2 atom stereocenters. The number of methoxy groups -OCH3 is 1. The Labute approximate surface area is 175 Å². The second-order valence-corrected chi connectivity index (χ2v) is 8.08. The Bertz CT molecular complexity index is 1000. The summed E-state index contributed by atoms with van der Waals surface area (Å²) >= 11 is 0. The van der Waals surface area contributed by atoms with Gasteiger partial charge in [-0.3, -0.25) is 9.78 Å². The molecule has 2 aliphatic heterocycles. The molecule has 7 heteroatoms. The number of rotatable bonds is 5. The molecule has 7 nitrogen and oxygen atoms in total. The lowest BCUT2D eigenvalue weighted by Gasteiger charge is -2.38. The van der Waals surface area contributed by atoms with Crippen molar-refractivity contribution in [1.29, 1.82) is 0 Å². The fourth-order valence-corrected chi connectivity index (χ4v) is 4.81. The van der Waals surface area contributed by atoms with Crippen LogP contribution in [0.3, 0.4) is 0 Å². The summed E-state index contributed by atoms with van der Waals surface area (Å²) in [5.41, 5.74) is 1.86. The molecule has 3 aromatic rings. The molecule has 2 aromatic heterocycles. The summed E-state index contributed by atoms with van der Waals surface area (Å²) in [7, 11) is 1.64. The van der Waals surface area contributed by atoms with Gasteiger partial charge in [-0.25, -0.2) is 0 Å². The van der Waals surface area contributed by atoms with Crippen molar-refractivity contribution < 1.29 is 14.1 Å². The van der Waals surface area contributed by atoms with E-state index in [-0.39, 0.29) is 23.9 Å². The largest absolute Gasteiger partial charge is 0.497 e. The summed E-state index contributed by atoms with van der Waals surface area (Å²) < 4.78 is 10.8. The number of nitrogens with zero attached hydrogens (tertiary/aromatic N) is 4. The summed E-state index contributed by atoms with van der Waals surface area (Å²) in [6, 6.07) is 12.0. The molecule has 1 aromatic carbocycles. The van der Waals surface area contributed by atoms with Crippen molar-refractivity contribution in [2.24, 2.45) is 0 Å². The Balaban J connectivity index is 1.27. The van der Waals surface area contributed by atoms with Gasteiger partial charge in [0.1, 0.15) is 5.75 Å². The van der Waals surface area contributed by atoms with Crippen LogP contribution in [-0.4, -0.2) is 45.1 Å². The van der Waals surface area contributed by atoms with Crippen LogP contribution in [0.1, 0.15) is 43.1 Å². The van der Waals surface area contributed by atoms with Crippen LogP contribution in [0.5, 0.6) is 5.75 Å². The van der Waals surface area contributed by atoms with Crippen LogP contribution >= 0.6 is 0 Å². The van der Waals surface area contributed by atoms with Crippen molar-refractivity contribution >= 4 is 5.91 Å². The first-order valence-corrected chi connectivity index (χ1v) is 10.4. The first-order valence-electron chi connectivity index (χ1n) is 10.4. The van der Waals surface area contributed by atoms with E-state index >= 15 is 0 Å². The smallest absolute Gasteiger partial charge is 0.230 e. The molecule has 2 unspecified atom stereocenters. The molecule has 0 N–H and O–H groups in total. The number of hydrogen-bond donors (Lipinski definition) is 0. The molecule has 154 valence electrons. The zero-order valence-electron chi connectivity index (χ0n) is 16.9. The predicted octanol–water partition coefficient (Wildman–Crippen LogP) is 3.62. The van der Waals surface area contributed by atoms with Crippen LogP contribution in [0.15, 0.2) is 53.3 Å². The Morgan fingerprint density at radius 1 is 1.17 bits per heavy atom. The Kier molecular flexibility index (Phi) is 4.94. The number of amides is 1. The molecule has 30 heavy (non-hydrogen) atoms. The first kappa shape index (κ1) is 18.8. The van der Waals surface area contributed by atoms with Gasteiger partial charge in [-0.1, -0.05) is 17.3 Å². The van der Waals surface area contributed by atoms with E-state index in [1.807, 2.05) is 36.4 Å². The zero-order valence-corrected chi connectivity index (χ0v) is 16.9. The van der Waals surface area contributed by atoms with Gasteiger partial charge in [0.15, 0.2) is 0 Å². The number of aromatic nitrogens is 3. The molecule has 2 saturated heterocycles. The van der Waals surface area contributed by atoms with E-state index < -0.39 is 0 Å². The summed E-state index contributed by atoms with van der Waals surface area (Å²) in [5.74, 6) is 2.45.